The van der Waals surface area contributed by atoms with Crippen LogP contribution in [0.4, 0.5) is 4.39 Å². The number of sulfone groups is 1. The Bertz CT molecular complexity index is 1050. The monoisotopic (exact) mass is 422 g/mol. The van der Waals surface area contributed by atoms with Gasteiger partial charge in [0.25, 0.3) is 5.91 Å². The van der Waals surface area contributed by atoms with Crippen LogP contribution in [0.5, 0.6) is 5.75 Å². The van der Waals surface area contributed by atoms with E-state index < -0.39 is 27.7 Å². The van der Waals surface area contributed by atoms with E-state index in [0.717, 1.165) is 5.69 Å². The summed E-state index contributed by atoms with van der Waals surface area (Å²) in [6, 6.07) is 5.64. The van der Waals surface area contributed by atoms with Crippen molar-refractivity contribution in [3.63, 3.8) is 0 Å². The predicted molar refractivity (Wildman–Crippen MR) is 106 cm³/mol. The average molecular weight is 422 g/mol. The molecule has 29 heavy (non-hydrogen) atoms. The van der Waals surface area contributed by atoms with E-state index >= 15 is 0 Å². The van der Waals surface area contributed by atoms with Gasteiger partial charge in [-0.05, 0) is 39.3 Å². The van der Waals surface area contributed by atoms with Gasteiger partial charge in [0.15, 0.2) is 27.5 Å². The third-order valence-corrected chi connectivity index (χ3v) is 6.56. The van der Waals surface area contributed by atoms with Gasteiger partial charge < -0.3 is 4.74 Å². The molecule has 1 aromatic heterocycles. The second kappa shape index (κ2) is 8.32. The molecular weight excluding hydrogens is 399 g/mol. The highest BCUT2D eigenvalue weighted by Crippen LogP contribution is 2.26. The van der Waals surface area contributed by atoms with Crippen molar-refractivity contribution in [3.05, 3.63) is 47.0 Å². The fourth-order valence-corrected chi connectivity index (χ4v) is 4.91. The van der Waals surface area contributed by atoms with Crippen LogP contribution in [0.25, 0.3) is 0 Å². The lowest BCUT2D eigenvalue weighted by Crippen LogP contribution is -2.33. The number of para-hydroxylation sites is 1. The van der Waals surface area contributed by atoms with E-state index in [0.29, 0.717) is 17.7 Å². The smallest absolute Gasteiger partial charge is 0.280 e. The number of ether oxygens (including phenoxy) is 1. The SMILES string of the molecule is Cc1nn([C@H]2CCS(=O)(=O)C2)c(C)c1/C=N\NC(=O)[C@H](C)Oc1ccccc1F. The quantitative estimate of drug-likeness (QED) is 0.566. The number of hydrazone groups is 1. The van der Waals surface area contributed by atoms with Crippen LogP contribution in [-0.4, -0.2) is 47.9 Å². The number of carbonyl (C=O) groups is 1. The summed E-state index contributed by atoms with van der Waals surface area (Å²) >= 11 is 0. The Hall–Kier alpha value is -2.75. The van der Waals surface area contributed by atoms with E-state index in [1.54, 1.807) is 17.7 Å². The number of carbonyl (C=O) groups excluding carboxylic acids is 1. The van der Waals surface area contributed by atoms with Crippen molar-refractivity contribution >= 4 is 22.0 Å². The molecule has 2 aromatic rings. The molecule has 0 saturated carbocycles. The number of amides is 1. The molecule has 2 atom stereocenters. The number of aromatic nitrogens is 2. The van der Waals surface area contributed by atoms with Gasteiger partial charge in [-0.1, -0.05) is 12.1 Å². The number of hydrogen-bond donors (Lipinski definition) is 1. The van der Waals surface area contributed by atoms with Gasteiger partial charge in [0.05, 0.1) is 29.5 Å². The van der Waals surface area contributed by atoms with Crippen LogP contribution in [0.15, 0.2) is 29.4 Å². The van der Waals surface area contributed by atoms with E-state index in [2.05, 4.69) is 15.6 Å². The van der Waals surface area contributed by atoms with Gasteiger partial charge in [-0.15, -0.1) is 0 Å². The standard InChI is InChI=1S/C19H23FN4O4S/c1-12-16(13(2)24(23-12)15-8-9-29(26,27)11-15)10-21-22-19(25)14(3)28-18-7-5-4-6-17(18)20/h4-7,10,14-15H,8-9,11H2,1-3H3,(H,22,25)/b21-10-/t14-,15-/m0/s1. The Morgan fingerprint density at radius 1 is 1.41 bits per heavy atom. The van der Waals surface area contributed by atoms with E-state index in [1.807, 2.05) is 6.92 Å². The summed E-state index contributed by atoms with van der Waals surface area (Å²) in [6.45, 7) is 5.12. The van der Waals surface area contributed by atoms with Crippen LogP contribution in [0.3, 0.4) is 0 Å². The Labute approximate surface area is 168 Å². The number of rotatable bonds is 6. The zero-order valence-electron chi connectivity index (χ0n) is 16.4. The lowest BCUT2D eigenvalue weighted by molar-refractivity contribution is -0.127. The maximum atomic E-state index is 13.6. The van der Waals surface area contributed by atoms with Crippen molar-refractivity contribution in [2.75, 3.05) is 11.5 Å². The zero-order chi connectivity index (χ0) is 21.2. The Morgan fingerprint density at radius 3 is 2.79 bits per heavy atom. The Morgan fingerprint density at radius 2 is 2.14 bits per heavy atom. The molecule has 8 nitrogen and oxygen atoms in total. The first-order valence-corrected chi connectivity index (χ1v) is 11.0. The van der Waals surface area contributed by atoms with Crippen molar-refractivity contribution < 1.29 is 22.3 Å². The lowest BCUT2D eigenvalue weighted by Gasteiger charge is -2.13. The topological polar surface area (TPSA) is 103 Å². The minimum Gasteiger partial charge on any atom is -0.478 e. The number of hydrogen-bond acceptors (Lipinski definition) is 6. The van der Waals surface area contributed by atoms with Crippen molar-refractivity contribution in [1.82, 2.24) is 15.2 Å². The van der Waals surface area contributed by atoms with E-state index in [9.17, 15) is 17.6 Å². The van der Waals surface area contributed by atoms with Crippen LogP contribution in [0, 0.1) is 19.7 Å². The molecule has 156 valence electrons. The van der Waals surface area contributed by atoms with Gasteiger partial charge >= 0.3 is 0 Å². The second-order valence-electron chi connectivity index (χ2n) is 7.01. The number of nitrogens with zero attached hydrogens (tertiary/aromatic N) is 3. The predicted octanol–water partition coefficient (Wildman–Crippen LogP) is 1.92. The largest absolute Gasteiger partial charge is 0.478 e. The molecule has 1 saturated heterocycles. The molecule has 1 N–H and O–H groups in total. The maximum Gasteiger partial charge on any atom is 0.280 e. The van der Waals surface area contributed by atoms with Crippen molar-refractivity contribution in [3.8, 4) is 5.75 Å². The Balaban J connectivity index is 1.64. The number of halogens is 1. The van der Waals surface area contributed by atoms with Gasteiger partial charge in [-0.25, -0.2) is 18.2 Å². The molecule has 3 rings (SSSR count). The summed E-state index contributed by atoms with van der Waals surface area (Å²) < 4.78 is 44.1. The highest BCUT2D eigenvalue weighted by molar-refractivity contribution is 7.91. The molecule has 1 amide bonds. The molecule has 1 fully saturated rings. The van der Waals surface area contributed by atoms with Gasteiger partial charge in [0.1, 0.15) is 0 Å². The first-order valence-electron chi connectivity index (χ1n) is 9.18. The molecule has 1 aromatic carbocycles. The maximum absolute atomic E-state index is 13.6. The number of aryl methyl sites for hydroxylation is 1. The summed E-state index contributed by atoms with van der Waals surface area (Å²) in [5, 5.41) is 8.39. The molecule has 0 unspecified atom stereocenters. The molecule has 0 radical (unpaired) electrons. The van der Waals surface area contributed by atoms with Crippen LogP contribution >= 0.6 is 0 Å². The summed E-state index contributed by atoms with van der Waals surface area (Å²) in [5.41, 5.74) is 4.53. The normalized spacial score (nSPS) is 19.4. The van der Waals surface area contributed by atoms with Crippen molar-refractivity contribution in [2.45, 2.75) is 39.3 Å². The molecule has 2 heterocycles. The van der Waals surface area contributed by atoms with E-state index in [1.165, 1.54) is 31.3 Å². The fraction of sp³-hybridized carbons (Fsp3) is 0.421. The summed E-state index contributed by atoms with van der Waals surface area (Å²) in [4.78, 5) is 12.1. The Kier molecular flexibility index (Phi) is 6.02. The number of nitrogens with one attached hydrogen (secondary N) is 1. The third-order valence-electron chi connectivity index (χ3n) is 4.81. The minimum absolute atomic E-state index is 0.0152. The van der Waals surface area contributed by atoms with Crippen LogP contribution in [0.2, 0.25) is 0 Å². The first-order chi connectivity index (χ1) is 13.7. The van der Waals surface area contributed by atoms with Crippen LogP contribution < -0.4 is 10.2 Å². The highest BCUT2D eigenvalue weighted by Gasteiger charge is 2.31. The first kappa shape index (κ1) is 21.0. The van der Waals surface area contributed by atoms with Crippen LogP contribution in [-0.2, 0) is 14.6 Å². The summed E-state index contributed by atoms with van der Waals surface area (Å²) in [5.74, 6) is -0.862. The molecule has 0 aliphatic carbocycles. The van der Waals surface area contributed by atoms with E-state index in [-0.39, 0.29) is 23.3 Å². The zero-order valence-corrected chi connectivity index (χ0v) is 17.2. The highest BCUT2D eigenvalue weighted by atomic mass is 32.2. The van der Waals surface area contributed by atoms with Crippen molar-refractivity contribution in [1.29, 1.82) is 0 Å². The molecular formula is C19H23FN4O4S. The van der Waals surface area contributed by atoms with Gasteiger partial charge in [0, 0.05) is 11.3 Å². The van der Waals surface area contributed by atoms with Crippen LogP contribution in [0.1, 0.15) is 36.3 Å². The molecule has 1 aliphatic rings. The molecule has 0 spiro atoms. The van der Waals surface area contributed by atoms with Gasteiger partial charge in [-0.2, -0.15) is 10.2 Å². The van der Waals surface area contributed by atoms with Crippen molar-refractivity contribution in [2.24, 2.45) is 5.10 Å². The molecule has 0 bridgehead atoms. The lowest BCUT2D eigenvalue weighted by atomic mass is 10.2. The summed E-state index contributed by atoms with van der Waals surface area (Å²) in [6.07, 6.45) is 1.05. The summed E-state index contributed by atoms with van der Waals surface area (Å²) in [7, 11) is -3.02. The van der Waals surface area contributed by atoms with E-state index in [4.69, 9.17) is 4.74 Å². The third kappa shape index (κ3) is 4.81. The molecule has 10 heteroatoms. The molecule has 1 aliphatic heterocycles. The number of benzene rings is 1. The fourth-order valence-electron chi connectivity index (χ4n) is 3.22. The van der Waals surface area contributed by atoms with Gasteiger partial charge in [-0.3, -0.25) is 9.48 Å². The average Bonchev–Trinajstić information content (AvgIpc) is 3.16. The minimum atomic E-state index is -3.02. The second-order valence-corrected chi connectivity index (χ2v) is 9.24. The van der Waals surface area contributed by atoms with Gasteiger partial charge in [0.2, 0.25) is 0 Å².